The molecule has 0 unspecified atom stereocenters. The third-order valence-corrected chi connectivity index (χ3v) is 10.3. The molecular weight excluding hydrogens is 680 g/mol. The average molecular weight is 723 g/mol. The molecule has 53 heavy (non-hydrogen) atoms. The topological polar surface area (TPSA) is 174 Å². The Labute approximate surface area is 305 Å². The number of aromatic nitrogens is 5. The second-order valence-electron chi connectivity index (χ2n) is 14.0. The van der Waals surface area contributed by atoms with Gasteiger partial charge in [-0.3, -0.25) is 29.3 Å². The lowest BCUT2D eigenvalue weighted by molar-refractivity contribution is -0.122. The molecule has 17 heteroatoms. The highest BCUT2D eigenvalue weighted by molar-refractivity contribution is 6.22. The smallest absolute Gasteiger partial charge is 0.343 e. The number of fused-ring (bicyclic) bond motifs is 2. The van der Waals surface area contributed by atoms with E-state index < -0.39 is 23.8 Å². The molecule has 3 fully saturated rings. The van der Waals surface area contributed by atoms with Crippen LogP contribution in [0.2, 0.25) is 0 Å². The number of urea groups is 1. The van der Waals surface area contributed by atoms with Gasteiger partial charge in [0.15, 0.2) is 5.82 Å². The Morgan fingerprint density at radius 3 is 2.40 bits per heavy atom. The molecule has 8 rings (SSSR count). The molecule has 17 nitrogen and oxygen atoms in total. The third kappa shape index (κ3) is 6.61. The second-order valence-corrected chi connectivity index (χ2v) is 14.0. The van der Waals surface area contributed by atoms with Gasteiger partial charge in [0.2, 0.25) is 11.9 Å². The summed E-state index contributed by atoms with van der Waals surface area (Å²) in [4.78, 5) is 71.2. The number of piperidine rings is 1. The normalized spacial score (nSPS) is 18.8. The summed E-state index contributed by atoms with van der Waals surface area (Å²) >= 11 is 0. The van der Waals surface area contributed by atoms with Gasteiger partial charge in [-0.25, -0.2) is 19.8 Å². The fourth-order valence-corrected chi connectivity index (χ4v) is 7.42. The summed E-state index contributed by atoms with van der Waals surface area (Å²) < 4.78 is 7.55. The van der Waals surface area contributed by atoms with Crippen molar-refractivity contribution >= 4 is 58.1 Å². The minimum absolute atomic E-state index is 0.0132. The third-order valence-electron chi connectivity index (χ3n) is 10.3. The number of carbonyl (C=O) groups is 4. The quantitative estimate of drug-likeness (QED) is 0.242. The molecule has 276 valence electrons. The number of nitrogens with zero attached hydrogens (tertiary/aromatic N) is 10. The number of nitrogens with one attached hydrogen (secondary N) is 2. The molecule has 1 aromatic carbocycles. The van der Waals surface area contributed by atoms with Crippen LogP contribution in [-0.4, -0.2) is 122 Å². The summed E-state index contributed by atoms with van der Waals surface area (Å²) in [5, 5.41) is 13.4. The molecule has 0 bridgehead atoms. The average Bonchev–Trinajstić information content (AvgIpc) is 3.66. The lowest BCUT2D eigenvalue weighted by atomic mass is 10.1. The van der Waals surface area contributed by atoms with Crippen LogP contribution in [-0.2, 0) is 16.1 Å². The van der Waals surface area contributed by atoms with Gasteiger partial charge in [-0.05, 0) is 50.5 Å². The van der Waals surface area contributed by atoms with E-state index in [0.717, 1.165) is 84.4 Å². The maximum atomic E-state index is 13.3. The van der Waals surface area contributed by atoms with E-state index >= 15 is 0 Å². The molecule has 3 aromatic heterocycles. The first-order valence-corrected chi connectivity index (χ1v) is 18.0. The van der Waals surface area contributed by atoms with Crippen molar-refractivity contribution in [3.8, 4) is 0 Å². The van der Waals surface area contributed by atoms with Gasteiger partial charge in [0.1, 0.15) is 11.6 Å². The summed E-state index contributed by atoms with van der Waals surface area (Å²) in [5.74, 6) is 1.35. The number of hydrazine groups is 1. The van der Waals surface area contributed by atoms with Gasteiger partial charge in [0.25, 0.3) is 11.8 Å². The number of hydrogen-bond donors (Lipinski definition) is 2. The van der Waals surface area contributed by atoms with E-state index in [1.807, 2.05) is 29.1 Å². The zero-order valence-electron chi connectivity index (χ0n) is 30.0. The fourth-order valence-electron chi connectivity index (χ4n) is 7.42. The van der Waals surface area contributed by atoms with Crippen LogP contribution in [0, 0.1) is 0 Å². The van der Waals surface area contributed by atoms with Crippen molar-refractivity contribution in [1.29, 1.82) is 0 Å². The van der Waals surface area contributed by atoms with Crippen LogP contribution in [0.1, 0.15) is 65.4 Å². The predicted molar refractivity (Wildman–Crippen MR) is 195 cm³/mol. The van der Waals surface area contributed by atoms with Crippen molar-refractivity contribution in [1.82, 2.24) is 45.0 Å². The molecule has 0 saturated carbocycles. The first-order valence-electron chi connectivity index (χ1n) is 18.0. The predicted octanol–water partition coefficient (Wildman–Crippen LogP) is 2.94. The highest BCUT2D eigenvalue weighted by atomic mass is 16.5. The van der Waals surface area contributed by atoms with E-state index in [1.54, 1.807) is 25.4 Å². The summed E-state index contributed by atoms with van der Waals surface area (Å²) in [6.45, 7) is 9.49. The molecule has 4 aromatic rings. The van der Waals surface area contributed by atoms with Gasteiger partial charge in [0.05, 0.1) is 34.7 Å². The molecule has 0 spiro atoms. The highest BCUT2D eigenvalue weighted by Crippen LogP contribution is 2.32. The maximum Gasteiger partial charge on any atom is 0.343 e. The number of methoxy groups -OCH3 is 1. The number of imide groups is 2. The number of piperazine rings is 1. The van der Waals surface area contributed by atoms with Gasteiger partial charge < -0.3 is 19.9 Å². The minimum Gasteiger partial charge on any atom is -0.381 e. The van der Waals surface area contributed by atoms with Gasteiger partial charge in [0, 0.05) is 83.8 Å². The number of pyridine rings is 1. The van der Waals surface area contributed by atoms with Gasteiger partial charge in [-0.15, -0.1) is 0 Å². The summed E-state index contributed by atoms with van der Waals surface area (Å²) in [6, 6.07) is 8.44. The monoisotopic (exact) mass is 722 g/mol. The van der Waals surface area contributed by atoms with Crippen molar-refractivity contribution in [2.24, 2.45) is 0 Å². The van der Waals surface area contributed by atoms with Crippen LogP contribution in [0.4, 0.5) is 28.2 Å². The molecule has 3 saturated heterocycles. The van der Waals surface area contributed by atoms with Gasteiger partial charge in [-0.2, -0.15) is 15.1 Å². The Morgan fingerprint density at radius 2 is 1.66 bits per heavy atom. The Hall–Kier alpha value is -5.68. The van der Waals surface area contributed by atoms with Crippen LogP contribution in [0.3, 0.4) is 0 Å². The van der Waals surface area contributed by atoms with Crippen molar-refractivity contribution in [2.45, 2.75) is 51.8 Å². The number of rotatable bonds is 9. The van der Waals surface area contributed by atoms with Crippen LogP contribution < -0.4 is 20.4 Å². The first kappa shape index (κ1) is 34.4. The van der Waals surface area contributed by atoms with Gasteiger partial charge >= 0.3 is 6.03 Å². The number of hydrogen-bond acceptors (Lipinski definition) is 13. The lowest BCUT2D eigenvalue weighted by Gasteiger charge is -2.35. The Morgan fingerprint density at radius 1 is 0.887 bits per heavy atom. The van der Waals surface area contributed by atoms with Crippen molar-refractivity contribution in [2.75, 3.05) is 68.0 Å². The molecule has 0 atom stereocenters. The largest absolute Gasteiger partial charge is 0.381 e. The molecule has 5 amide bonds. The Kier molecular flexibility index (Phi) is 9.11. The van der Waals surface area contributed by atoms with Crippen LogP contribution >= 0.6 is 0 Å². The number of amides is 5. The van der Waals surface area contributed by atoms with E-state index in [9.17, 15) is 19.2 Å². The maximum absolute atomic E-state index is 13.3. The van der Waals surface area contributed by atoms with E-state index in [0.29, 0.717) is 24.1 Å². The van der Waals surface area contributed by atoms with Crippen LogP contribution in [0.15, 0.2) is 42.7 Å². The fraction of sp³-hybridized carbons (Fsp3) is 0.444. The van der Waals surface area contributed by atoms with E-state index in [1.165, 1.54) is 0 Å². The SMILES string of the molecule is COC1CCN(c2nccc(Nc3cc4c(cn3)c(N3CCN(Cc5ccc6c(c5)C(=O)N(N5CCC(=O)NC5=O)C6=O)CC3)nn4C(C)C)n2)CC1. The van der Waals surface area contributed by atoms with E-state index in [-0.39, 0.29) is 36.2 Å². The minimum atomic E-state index is -0.779. The zero-order valence-corrected chi connectivity index (χ0v) is 30.0. The molecule has 2 N–H and O–H groups in total. The standard InChI is InChI=1S/C36H42N12O5/c1-22(2)47-28-19-30(39-29-6-10-37-35(40-29)45-11-7-24(53-3)8-12-45)38-20-27(28)32(42-47)44-16-14-43(15-17-44)21-23-4-5-25-26(18-23)34(51)48(33(25)50)46-13-9-31(49)41-36(46)52/h4-6,10,18-20,22,24H,7-9,11-17,21H2,1-3H3,(H,41,49,52)(H,37,38,39,40). The molecule has 4 aliphatic heterocycles. The number of carbonyl (C=O) groups excluding carboxylic acids is 4. The van der Waals surface area contributed by atoms with Crippen molar-refractivity contribution in [3.05, 3.63) is 59.4 Å². The van der Waals surface area contributed by atoms with Crippen LogP contribution in [0.5, 0.6) is 0 Å². The summed E-state index contributed by atoms with van der Waals surface area (Å²) in [7, 11) is 1.76. The van der Waals surface area contributed by atoms with E-state index in [4.69, 9.17) is 19.8 Å². The molecule has 0 aliphatic carbocycles. The zero-order chi connectivity index (χ0) is 36.8. The molecule has 7 heterocycles. The molecular formula is C36H42N12O5. The lowest BCUT2D eigenvalue weighted by Crippen LogP contribution is -2.58. The second kappa shape index (κ2) is 14.0. The Balaban J connectivity index is 0.927. The Bertz CT molecular complexity index is 2090. The van der Waals surface area contributed by atoms with Crippen LogP contribution in [0.25, 0.3) is 10.9 Å². The molecule has 0 radical (unpaired) electrons. The van der Waals surface area contributed by atoms with Crippen molar-refractivity contribution < 1.29 is 23.9 Å². The number of anilines is 4. The van der Waals surface area contributed by atoms with Gasteiger partial charge in [-0.1, -0.05) is 6.07 Å². The first-order chi connectivity index (χ1) is 25.7. The number of ether oxygens (including phenoxy) is 1. The molecule has 4 aliphatic rings. The highest BCUT2D eigenvalue weighted by Gasteiger charge is 2.43. The number of benzene rings is 1. The van der Waals surface area contributed by atoms with Crippen molar-refractivity contribution in [3.63, 3.8) is 0 Å². The summed E-state index contributed by atoms with van der Waals surface area (Å²) in [6.07, 6.45) is 5.82. The summed E-state index contributed by atoms with van der Waals surface area (Å²) in [5.41, 5.74) is 2.37. The van der Waals surface area contributed by atoms with E-state index in [2.05, 4.69) is 44.2 Å².